The van der Waals surface area contributed by atoms with Gasteiger partial charge in [-0.05, 0) is 50.4 Å². The normalized spacial score (nSPS) is 25.1. The monoisotopic (exact) mass is 221 g/mol. The van der Waals surface area contributed by atoms with Crippen LogP contribution in [0, 0.1) is 23.7 Å². The average molecular weight is 221 g/mol. The van der Waals surface area contributed by atoms with Gasteiger partial charge in [-0.25, -0.2) is 0 Å². The predicted octanol–water partition coefficient (Wildman–Crippen LogP) is 3.52. The summed E-state index contributed by atoms with van der Waals surface area (Å²) >= 11 is 0. The average Bonchev–Trinajstić information content (AvgIpc) is 2.94. The van der Waals surface area contributed by atoms with Gasteiger partial charge in [-0.2, -0.15) is 0 Å². The summed E-state index contributed by atoms with van der Waals surface area (Å²) in [4.78, 5) is 9.83. The van der Waals surface area contributed by atoms with Crippen LogP contribution in [0.25, 0.3) is 0 Å². The third-order valence-corrected chi connectivity index (χ3v) is 2.73. The fourth-order valence-electron chi connectivity index (χ4n) is 1.42. The molecule has 2 saturated carbocycles. The zero-order valence-electron chi connectivity index (χ0n) is 10.6. The topological polar surface area (TPSA) is 37.3 Å². The molecule has 0 bridgehead atoms. The maximum atomic E-state index is 9.83. The summed E-state index contributed by atoms with van der Waals surface area (Å²) in [5, 5.41) is 8.10. The van der Waals surface area contributed by atoms with E-state index in [-0.39, 0.29) is 0 Å². The van der Waals surface area contributed by atoms with Crippen molar-refractivity contribution in [2.24, 2.45) is 11.3 Å². The van der Waals surface area contributed by atoms with E-state index in [0.29, 0.717) is 17.8 Å². The molecule has 1 N–H and O–H groups in total. The molecular weight excluding hydrogens is 200 g/mol. The van der Waals surface area contributed by atoms with Gasteiger partial charge < -0.3 is 5.11 Å². The maximum absolute atomic E-state index is 9.83. The zero-order valence-corrected chi connectivity index (χ0v) is 10.6. The van der Waals surface area contributed by atoms with Crippen molar-refractivity contribution in [3.05, 3.63) is 24.0 Å². The van der Waals surface area contributed by atoms with Crippen LogP contribution in [0.5, 0.6) is 0 Å². The molecule has 1 atom stereocenters. The largest absolute Gasteiger partial charge is 0.481 e. The Labute approximate surface area is 98.7 Å². The Hall–Kier alpha value is -0.790. The minimum atomic E-state index is -0.688. The molecule has 3 radical (unpaired) electrons. The van der Waals surface area contributed by atoms with Gasteiger partial charge in [0.05, 0.1) is 6.42 Å². The Morgan fingerprint density at radius 1 is 1.50 bits per heavy atom. The van der Waals surface area contributed by atoms with Crippen molar-refractivity contribution in [2.45, 2.75) is 47.0 Å². The summed E-state index contributed by atoms with van der Waals surface area (Å²) < 4.78 is 0. The lowest BCUT2D eigenvalue weighted by Crippen LogP contribution is -1.92. The van der Waals surface area contributed by atoms with E-state index in [1.54, 1.807) is 0 Å². The first-order valence-electron chi connectivity index (χ1n) is 5.79. The van der Waals surface area contributed by atoms with Gasteiger partial charge >= 0.3 is 5.97 Å². The Bertz CT molecular complexity index is 281. The molecule has 0 aliphatic heterocycles. The van der Waals surface area contributed by atoms with E-state index in [1.807, 2.05) is 0 Å². The Balaban J connectivity index is 0.000000165. The predicted molar refractivity (Wildman–Crippen MR) is 64.7 cm³/mol. The van der Waals surface area contributed by atoms with E-state index < -0.39 is 5.97 Å². The smallest absolute Gasteiger partial charge is 0.303 e. The van der Waals surface area contributed by atoms with E-state index in [9.17, 15) is 4.79 Å². The molecule has 2 heteroatoms. The third kappa shape index (κ3) is 5.34. The molecule has 2 aliphatic carbocycles. The van der Waals surface area contributed by atoms with Crippen LogP contribution in [0.1, 0.15) is 47.0 Å². The SMILES string of the molecule is CC(C)=CC1[C]C1(C)C.O=C(O)C[C]1CC1. The van der Waals surface area contributed by atoms with Crippen molar-refractivity contribution < 1.29 is 9.90 Å². The number of aliphatic carboxylic acids is 1. The van der Waals surface area contributed by atoms with E-state index in [4.69, 9.17) is 5.11 Å². The van der Waals surface area contributed by atoms with E-state index in [1.165, 1.54) is 11.5 Å². The van der Waals surface area contributed by atoms with Crippen LogP contribution >= 0.6 is 0 Å². The van der Waals surface area contributed by atoms with E-state index >= 15 is 0 Å². The van der Waals surface area contributed by atoms with Crippen molar-refractivity contribution in [3.8, 4) is 0 Å². The van der Waals surface area contributed by atoms with Gasteiger partial charge in [0, 0.05) is 0 Å². The Morgan fingerprint density at radius 3 is 2.12 bits per heavy atom. The molecule has 0 aromatic heterocycles. The van der Waals surface area contributed by atoms with Crippen molar-refractivity contribution in [3.63, 3.8) is 0 Å². The molecule has 2 aliphatic rings. The van der Waals surface area contributed by atoms with Gasteiger partial charge in [0.1, 0.15) is 0 Å². The summed E-state index contributed by atoms with van der Waals surface area (Å²) in [7, 11) is 0. The summed E-state index contributed by atoms with van der Waals surface area (Å²) in [6, 6.07) is 0. The molecule has 2 nitrogen and oxygen atoms in total. The highest BCUT2D eigenvalue weighted by atomic mass is 16.4. The number of allylic oxidation sites excluding steroid dienone is 2. The molecule has 0 aromatic rings. The van der Waals surface area contributed by atoms with Gasteiger partial charge in [0.15, 0.2) is 0 Å². The van der Waals surface area contributed by atoms with Crippen molar-refractivity contribution >= 4 is 5.97 Å². The summed E-state index contributed by atoms with van der Waals surface area (Å²) in [6.07, 6.45) is 8.04. The molecule has 0 heterocycles. The maximum Gasteiger partial charge on any atom is 0.303 e. The van der Waals surface area contributed by atoms with E-state index in [0.717, 1.165) is 12.8 Å². The molecule has 0 amide bonds. The standard InChI is InChI=1S/C9H14.C5H7O2/c1-7(2)5-8-6-9(8,3)4;6-5(7)3-4-1-2-4/h5,8H,1-4H3;1-3H2,(H,6,7). The molecule has 16 heavy (non-hydrogen) atoms. The molecule has 2 fully saturated rings. The molecule has 0 aromatic carbocycles. The van der Waals surface area contributed by atoms with Gasteiger partial charge in [-0.15, -0.1) is 0 Å². The second-order valence-electron chi connectivity index (χ2n) is 5.41. The number of carboxylic acids is 1. The lowest BCUT2D eigenvalue weighted by molar-refractivity contribution is -0.136. The summed E-state index contributed by atoms with van der Waals surface area (Å²) in [6.45, 7) is 8.71. The minimum Gasteiger partial charge on any atom is -0.481 e. The van der Waals surface area contributed by atoms with Crippen molar-refractivity contribution in [2.75, 3.05) is 0 Å². The molecular formula is C14H21O2. The molecule has 89 valence electrons. The summed E-state index contributed by atoms with van der Waals surface area (Å²) in [5.74, 6) is 1.13. The second-order valence-corrected chi connectivity index (χ2v) is 5.41. The van der Waals surface area contributed by atoms with Crippen molar-refractivity contribution in [1.29, 1.82) is 0 Å². The highest BCUT2D eigenvalue weighted by Gasteiger charge is 2.44. The minimum absolute atomic E-state index is 0.306. The number of carboxylic acid groups (broad SMARTS) is 1. The van der Waals surface area contributed by atoms with Gasteiger partial charge in [0.25, 0.3) is 0 Å². The van der Waals surface area contributed by atoms with Crippen molar-refractivity contribution in [1.82, 2.24) is 0 Å². The van der Waals surface area contributed by atoms with Gasteiger partial charge in [-0.1, -0.05) is 25.5 Å². The summed E-state index contributed by atoms with van der Waals surface area (Å²) in [5.41, 5.74) is 1.77. The van der Waals surface area contributed by atoms with Crippen LogP contribution in [-0.2, 0) is 4.79 Å². The first-order chi connectivity index (χ1) is 7.31. The number of carbonyl (C=O) groups is 1. The third-order valence-electron chi connectivity index (χ3n) is 2.73. The van der Waals surface area contributed by atoms with Crippen LogP contribution < -0.4 is 0 Å². The number of hydrogen-bond acceptors (Lipinski definition) is 1. The highest BCUT2D eigenvalue weighted by molar-refractivity contribution is 5.70. The fourth-order valence-corrected chi connectivity index (χ4v) is 1.42. The Morgan fingerprint density at radius 2 is 2.00 bits per heavy atom. The lowest BCUT2D eigenvalue weighted by atomic mass is 10.1. The van der Waals surface area contributed by atoms with Gasteiger partial charge in [-0.3, -0.25) is 4.79 Å². The Kier molecular flexibility index (Phi) is 4.17. The quantitative estimate of drug-likeness (QED) is 0.740. The highest BCUT2D eigenvalue weighted by Crippen LogP contribution is 2.51. The van der Waals surface area contributed by atoms with Crippen LogP contribution in [0.3, 0.4) is 0 Å². The van der Waals surface area contributed by atoms with Gasteiger partial charge in [0.2, 0.25) is 0 Å². The lowest BCUT2D eigenvalue weighted by Gasteiger charge is -1.95. The first kappa shape index (κ1) is 13.3. The van der Waals surface area contributed by atoms with Crippen LogP contribution in [0.4, 0.5) is 0 Å². The molecule has 2 rings (SSSR count). The van der Waals surface area contributed by atoms with Crippen LogP contribution in [-0.4, -0.2) is 11.1 Å². The van der Waals surface area contributed by atoms with Crippen LogP contribution in [0.15, 0.2) is 11.6 Å². The molecule has 1 unspecified atom stereocenters. The number of rotatable bonds is 3. The van der Waals surface area contributed by atoms with Crippen LogP contribution in [0.2, 0.25) is 0 Å². The molecule has 0 spiro atoms. The second kappa shape index (κ2) is 5.03. The number of hydrogen-bond donors (Lipinski definition) is 1. The zero-order chi connectivity index (χ0) is 12.3. The fraction of sp³-hybridized carbons (Fsp3) is 0.643. The first-order valence-corrected chi connectivity index (χ1v) is 5.79. The molecule has 0 saturated heterocycles. The van der Waals surface area contributed by atoms with E-state index in [2.05, 4.69) is 40.2 Å².